The lowest BCUT2D eigenvalue weighted by Crippen LogP contribution is -1.91. The normalized spacial score (nSPS) is 11.9. The molecule has 0 atom stereocenters. The van der Waals surface area contributed by atoms with Crippen LogP contribution in [0.3, 0.4) is 0 Å². The third kappa shape index (κ3) is 4.77. The highest BCUT2D eigenvalue weighted by Gasteiger charge is 2.17. The smallest absolute Gasteiger partial charge is 0.0737 e. The zero-order chi connectivity index (χ0) is 30.2. The van der Waals surface area contributed by atoms with E-state index in [1.54, 1.807) is 0 Å². The number of rotatable bonds is 4. The highest BCUT2D eigenvalue weighted by atomic mass is 14.8. The van der Waals surface area contributed by atoms with E-state index in [0.717, 1.165) is 83.8 Å². The molecular formula is C41H28N4. The Balaban J connectivity index is 1.57. The number of aromatic nitrogens is 4. The zero-order valence-electron chi connectivity index (χ0n) is 24.5. The molecule has 6 aromatic rings. The van der Waals surface area contributed by atoms with E-state index >= 15 is 0 Å². The average molecular weight is 577 g/mol. The van der Waals surface area contributed by atoms with Crippen LogP contribution >= 0.6 is 0 Å². The van der Waals surface area contributed by atoms with Gasteiger partial charge in [0.15, 0.2) is 0 Å². The summed E-state index contributed by atoms with van der Waals surface area (Å²) in [6, 6.07) is 39.7. The van der Waals surface area contributed by atoms with Gasteiger partial charge in [-0.05, 0) is 65.3 Å². The minimum atomic E-state index is 0.443. The Hall–Kier alpha value is -6.18. The predicted molar refractivity (Wildman–Crippen MR) is 188 cm³/mol. The summed E-state index contributed by atoms with van der Waals surface area (Å²) < 4.78 is 0. The Morgan fingerprint density at radius 3 is 1.22 bits per heavy atom. The minimum absolute atomic E-state index is 0.443. The number of hydrogen-bond donors (Lipinski definition) is 2. The number of benzene rings is 3. The number of H-pyrrole nitrogens is 2. The van der Waals surface area contributed by atoms with Crippen molar-refractivity contribution in [1.29, 1.82) is 0 Å². The second-order valence-electron chi connectivity index (χ2n) is 11.1. The first kappa shape index (κ1) is 26.4. The van der Waals surface area contributed by atoms with Gasteiger partial charge in [-0.3, -0.25) is 0 Å². The van der Waals surface area contributed by atoms with Crippen molar-refractivity contribution in [1.82, 2.24) is 19.9 Å². The van der Waals surface area contributed by atoms with Crippen molar-refractivity contribution in [2.45, 2.75) is 6.42 Å². The fourth-order valence-electron chi connectivity index (χ4n) is 6.28. The van der Waals surface area contributed by atoms with Crippen LogP contribution in [0.5, 0.6) is 0 Å². The van der Waals surface area contributed by atoms with E-state index in [-0.39, 0.29) is 0 Å². The van der Waals surface area contributed by atoms with Gasteiger partial charge in [-0.2, -0.15) is 0 Å². The molecule has 0 radical (unpaired) electrons. The van der Waals surface area contributed by atoms with Crippen molar-refractivity contribution in [3.63, 3.8) is 0 Å². The van der Waals surface area contributed by atoms with Gasteiger partial charge < -0.3 is 9.97 Å². The third-order valence-corrected chi connectivity index (χ3v) is 8.33. The fraction of sp³-hybridized carbons (Fsp3) is 0.0244. The van der Waals surface area contributed by atoms with Crippen molar-refractivity contribution in [2.24, 2.45) is 0 Å². The second-order valence-corrected chi connectivity index (χ2v) is 11.1. The van der Waals surface area contributed by atoms with Gasteiger partial charge in [0.25, 0.3) is 0 Å². The number of hydrogen-bond acceptors (Lipinski definition) is 2. The maximum Gasteiger partial charge on any atom is 0.0737 e. The summed E-state index contributed by atoms with van der Waals surface area (Å²) in [5.74, 6) is 2.86. The summed E-state index contributed by atoms with van der Waals surface area (Å²) in [5.41, 5.74) is 14.7. The van der Waals surface area contributed by atoms with E-state index in [0.29, 0.717) is 6.42 Å². The van der Waals surface area contributed by atoms with E-state index in [9.17, 15) is 0 Å². The molecule has 4 nitrogen and oxygen atoms in total. The quantitative estimate of drug-likeness (QED) is 0.205. The molecule has 45 heavy (non-hydrogen) atoms. The van der Waals surface area contributed by atoms with Gasteiger partial charge >= 0.3 is 0 Å². The molecule has 0 spiro atoms. The molecular weight excluding hydrogens is 548 g/mol. The largest absolute Gasteiger partial charge is 0.355 e. The van der Waals surface area contributed by atoms with Crippen LogP contribution in [-0.2, 0) is 6.42 Å². The molecule has 2 aliphatic heterocycles. The van der Waals surface area contributed by atoms with Crippen LogP contribution in [0.1, 0.15) is 28.3 Å². The lowest BCUT2D eigenvalue weighted by molar-refractivity contribution is 1.22. The Labute approximate surface area is 261 Å². The lowest BCUT2D eigenvalue weighted by Gasteiger charge is -2.06. The molecule has 0 saturated heterocycles. The SMILES string of the molecule is C#CCc1c2nc(c(-c3ccccc3)c3ccc([nH]3)c(-c3ccccc3)c3nc(c(-c4ccccc4)c4ccc1[nH]4)C=C3)C=C2. The van der Waals surface area contributed by atoms with Crippen molar-refractivity contribution in [2.75, 3.05) is 0 Å². The molecule has 8 rings (SSSR count). The molecule has 2 N–H and O–H groups in total. The van der Waals surface area contributed by atoms with Gasteiger partial charge in [-0.1, -0.05) is 91.0 Å². The van der Waals surface area contributed by atoms with Gasteiger partial charge in [0, 0.05) is 50.7 Å². The van der Waals surface area contributed by atoms with E-state index in [1.165, 1.54) is 0 Å². The van der Waals surface area contributed by atoms with Crippen molar-refractivity contribution < 1.29 is 0 Å². The lowest BCUT2D eigenvalue weighted by atomic mass is 10.0. The molecule has 0 aliphatic carbocycles. The summed E-state index contributed by atoms with van der Waals surface area (Å²) in [7, 11) is 0. The first-order chi connectivity index (χ1) is 22.3. The van der Waals surface area contributed by atoms with Gasteiger partial charge in [0.05, 0.1) is 22.8 Å². The summed E-state index contributed by atoms with van der Waals surface area (Å²) in [4.78, 5) is 17.9. The van der Waals surface area contributed by atoms with E-state index in [2.05, 4.69) is 137 Å². The van der Waals surface area contributed by atoms with Crippen LogP contribution < -0.4 is 0 Å². The molecule has 0 amide bonds. The van der Waals surface area contributed by atoms with E-state index in [1.807, 2.05) is 18.2 Å². The maximum atomic E-state index is 5.92. The maximum absolute atomic E-state index is 5.92. The van der Waals surface area contributed by atoms with Crippen LogP contribution in [0.2, 0.25) is 0 Å². The monoisotopic (exact) mass is 576 g/mol. The molecule has 2 aliphatic rings. The van der Waals surface area contributed by atoms with E-state index in [4.69, 9.17) is 16.4 Å². The Morgan fingerprint density at radius 2 is 0.800 bits per heavy atom. The first-order valence-electron chi connectivity index (χ1n) is 15.0. The highest BCUT2D eigenvalue weighted by molar-refractivity contribution is 5.97. The number of aromatic amines is 2. The number of nitrogens with zero attached hydrogens (tertiary/aromatic N) is 2. The molecule has 0 unspecified atom stereocenters. The van der Waals surface area contributed by atoms with Gasteiger partial charge in [0.2, 0.25) is 0 Å². The predicted octanol–water partition coefficient (Wildman–Crippen LogP) is 9.83. The second kappa shape index (κ2) is 11.1. The molecule has 4 heteroatoms. The number of nitrogens with one attached hydrogen (secondary N) is 2. The third-order valence-electron chi connectivity index (χ3n) is 8.33. The molecule has 0 fully saturated rings. The van der Waals surface area contributed by atoms with Crippen molar-refractivity contribution >= 4 is 46.4 Å². The van der Waals surface area contributed by atoms with Crippen LogP contribution in [0.15, 0.2) is 115 Å². The molecule has 3 aromatic carbocycles. The van der Waals surface area contributed by atoms with Crippen molar-refractivity contribution in [3.8, 4) is 45.7 Å². The Morgan fingerprint density at radius 1 is 0.444 bits per heavy atom. The number of fused-ring (bicyclic) bond motifs is 8. The van der Waals surface area contributed by atoms with Gasteiger partial charge in [0.1, 0.15) is 0 Å². The highest BCUT2D eigenvalue weighted by Crippen LogP contribution is 2.36. The summed E-state index contributed by atoms with van der Waals surface area (Å²) in [6.07, 6.45) is 14.7. The van der Waals surface area contributed by atoms with E-state index < -0.39 is 0 Å². The molecule has 8 bridgehead atoms. The van der Waals surface area contributed by atoms with Crippen LogP contribution in [-0.4, -0.2) is 19.9 Å². The summed E-state index contributed by atoms with van der Waals surface area (Å²) in [5, 5.41) is 0. The first-order valence-corrected chi connectivity index (χ1v) is 15.0. The molecule has 212 valence electrons. The Kier molecular flexibility index (Phi) is 6.55. The van der Waals surface area contributed by atoms with Crippen LogP contribution in [0.25, 0.3) is 79.8 Å². The van der Waals surface area contributed by atoms with Gasteiger partial charge in [-0.25, -0.2) is 9.97 Å². The fourth-order valence-corrected chi connectivity index (χ4v) is 6.28. The van der Waals surface area contributed by atoms with Crippen LogP contribution in [0.4, 0.5) is 0 Å². The molecule has 5 heterocycles. The summed E-state index contributed by atoms with van der Waals surface area (Å²) >= 11 is 0. The summed E-state index contributed by atoms with van der Waals surface area (Å²) in [6.45, 7) is 0. The van der Waals surface area contributed by atoms with Gasteiger partial charge in [-0.15, -0.1) is 12.3 Å². The van der Waals surface area contributed by atoms with Crippen LogP contribution in [0, 0.1) is 12.3 Å². The molecule has 0 saturated carbocycles. The standard InChI is InChI=1S/C41H28N4/c1-2-12-30-31-19-21-33(42-31)39(27-13-6-3-7-14-27)35-23-25-37(44-35)41(29-17-10-5-11-18-29)38-26-24-36(45-38)40(28-15-8-4-9-16-28)34-22-20-32(30)43-34/h1,3-11,13-26,42,45H,12H2. The topological polar surface area (TPSA) is 57.4 Å². The Bertz CT molecular complexity index is 2300. The zero-order valence-corrected chi connectivity index (χ0v) is 24.5. The average Bonchev–Trinajstić information content (AvgIpc) is 3.92. The minimum Gasteiger partial charge on any atom is -0.355 e. The van der Waals surface area contributed by atoms with Crippen molar-refractivity contribution in [3.05, 3.63) is 144 Å². The molecule has 3 aromatic heterocycles. The number of terminal acetylenes is 1.